The van der Waals surface area contributed by atoms with E-state index >= 15 is 0 Å². The summed E-state index contributed by atoms with van der Waals surface area (Å²) >= 11 is 0. The first-order chi connectivity index (χ1) is 23.9. The lowest BCUT2D eigenvalue weighted by Crippen LogP contribution is -2.29. The van der Waals surface area contributed by atoms with Crippen LogP contribution < -0.4 is 4.90 Å². The number of carbonyl (C=O) groups excluding carboxylic acids is 2. The average Bonchev–Trinajstić information content (AvgIpc) is 3.59. The second-order valence-corrected chi connectivity index (χ2v) is 11.9. The molecule has 10 heteroatoms. The van der Waals surface area contributed by atoms with E-state index in [1.165, 1.54) is 24.3 Å². The molecule has 8 rings (SSSR count). The SMILES string of the molecule is O=C1c2cccc(-n3c4c(-c5ccc(C(F)(F)F)cc5)cccc4c4cccc(-c5ccc(C(F)(F)F)cc5)c43)c2C(=O)N1c1ccccc1. The minimum absolute atomic E-state index is 0.115. The van der Waals surface area contributed by atoms with Crippen molar-refractivity contribution in [1.82, 2.24) is 4.57 Å². The van der Waals surface area contributed by atoms with E-state index in [2.05, 4.69) is 0 Å². The highest BCUT2D eigenvalue weighted by atomic mass is 19.4. The number of nitrogens with zero attached hydrogens (tertiary/aromatic N) is 2. The number of carbonyl (C=O) groups is 2. The summed E-state index contributed by atoms with van der Waals surface area (Å²) in [6, 6.07) is 33.6. The molecule has 4 nitrogen and oxygen atoms in total. The second-order valence-electron chi connectivity index (χ2n) is 11.9. The molecule has 0 aliphatic carbocycles. The highest BCUT2D eigenvalue weighted by Gasteiger charge is 2.40. The monoisotopic (exact) mass is 676 g/mol. The first kappa shape index (κ1) is 31.1. The van der Waals surface area contributed by atoms with Gasteiger partial charge in [-0.3, -0.25) is 9.59 Å². The van der Waals surface area contributed by atoms with E-state index in [4.69, 9.17) is 0 Å². The highest BCUT2D eigenvalue weighted by molar-refractivity contribution is 6.36. The number of imide groups is 1. The summed E-state index contributed by atoms with van der Waals surface area (Å²) < 4.78 is 82.9. The van der Waals surface area contributed by atoms with Crippen LogP contribution in [-0.4, -0.2) is 16.4 Å². The molecule has 6 aromatic carbocycles. The Hall–Kier alpha value is -6.16. The molecule has 0 atom stereocenters. The molecule has 0 N–H and O–H groups in total. The Kier molecular flexibility index (Phi) is 6.97. The summed E-state index contributed by atoms with van der Waals surface area (Å²) in [6.07, 6.45) is -9.09. The molecule has 50 heavy (non-hydrogen) atoms. The summed E-state index contributed by atoms with van der Waals surface area (Å²) in [5.74, 6) is -1.09. The van der Waals surface area contributed by atoms with Gasteiger partial charge in [0.2, 0.25) is 0 Å². The fourth-order valence-electron chi connectivity index (χ4n) is 6.77. The Morgan fingerprint density at radius 2 is 0.900 bits per heavy atom. The topological polar surface area (TPSA) is 42.3 Å². The number of hydrogen-bond acceptors (Lipinski definition) is 2. The second kappa shape index (κ2) is 11.2. The van der Waals surface area contributed by atoms with Gasteiger partial charge in [0.05, 0.1) is 44.7 Å². The van der Waals surface area contributed by atoms with Crippen LogP contribution in [0.15, 0.2) is 133 Å². The van der Waals surface area contributed by atoms with Crippen LogP contribution in [0.25, 0.3) is 49.7 Å². The Morgan fingerprint density at radius 3 is 1.38 bits per heavy atom. The third-order valence-corrected chi connectivity index (χ3v) is 9.00. The number of fused-ring (bicyclic) bond motifs is 4. The number of rotatable bonds is 4. The van der Waals surface area contributed by atoms with Crippen molar-refractivity contribution in [3.8, 4) is 27.9 Å². The predicted molar refractivity (Wildman–Crippen MR) is 179 cm³/mol. The number of anilines is 1. The molecule has 0 radical (unpaired) electrons. The van der Waals surface area contributed by atoms with E-state index in [-0.39, 0.29) is 11.1 Å². The zero-order valence-corrected chi connectivity index (χ0v) is 25.7. The van der Waals surface area contributed by atoms with Crippen molar-refractivity contribution in [3.63, 3.8) is 0 Å². The molecule has 1 aliphatic heterocycles. The smallest absolute Gasteiger partial charge is 0.307 e. The molecule has 0 saturated heterocycles. The maximum Gasteiger partial charge on any atom is 0.416 e. The van der Waals surface area contributed by atoms with E-state index in [1.54, 1.807) is 77.4 Å². The third kappa shape index (κ3) is 4.86. The molecule has 0 unspecified atom stereocenters. The Balaban J connectivity index is 1.46. The molecular weight excluding hydrogens is 654 g/mol. The molecule has 1 aromatic heterocycles. The van der Waals surface area contributed by atoms with Gasteiger partial charge in [0.1, 0.15) is 0 Å². The lowest BCUT2D eigenvalue weighted by Gasteiger charge is -2.17. The largest absolute Gasteiger partial charge is 0.416 e. The molecule has 0 saturated carbocycles. The number of amides is 2. The summed E-state index contributed by atoms with van der Waals surface area (Å²) in [6.45, 7) is 0. The first-order valence-electron chi connectivity index (χ1n) is 15.4. The van der Waals surface area contributed by atoms with Gasteiger partial charge in [0.25, 0.3) is 11.8 Å². The fourth-order valence-corrected chi connectivity index (χ4v) is 6.77. The number of aromatic nitrogens is 1. The maximum absolute atomic E-state index is 14.2. The number of alkyl halides is 6. The van der Waals surface area contributed by atoms with Crippen molar-refractivity contribution >= 4 is 39.3 Å². The van der Waals surface area contributed by atoms with Gasteiger partial charge in [-0.15, -0.1) is 0 Å². The van der Waals surface area contributed by atoms with Gasteiger partial charge in [-0.2, -0.15) is 26.3 Å². The molecule has 246 valence electrons. The van der Waals surface area contributed by atoms with E-state index in [0.29, 0.717) is 55.4 Å². The molecule has 0 bridgehead atoms. The summed E-state index contributed by atoms with van der Waals surface area (Å²) in [4.78, 5) is 29.1. The minimum atomic E-state index is -4.54. The van der Waals surface area contributed by atoms with E-state index in [0.717, 1.165) is 29.2 Å². The van der Waals surface area contributed by atoms with Crippen LogP contribution in [0.4, 0.5) is 32.0 Å². The van der Waals surface area contributed by atoms with Crippen molar-refractivity contribution in [2.75, 3.05) is 4.90 Å². The normalized spacial score (nSPS) is 13.4. The van der Waals surface area contributed by atoms with Crippen LogP contribution in [0.1, 0.15) is 31.8 Å². The number of para-hydroxylation sites is 3. The molecule has 7 aromatic rings. The van der Waals surface area contributed by atoms with Crippen molar-refractivity contribution < 1.29 is 35.9 Å². The quantitative estimate of drug-likeness (QED) is 0.138. The number of benzene rings is 6. The van der Waals surface area contributed by atoms with E-state index in [9.17, 15) is 35.9 Å². The standard InChI is InChI=1S/C40H22F6N2O2/c41-39(42,43)25-19-15-23(16-20-25)28-9-4-11-30-31-12-5-10-29(24-17-21-26(22-18-24)40(44,45)46)36(31)48(35(28)30)33-14-6-13-32-34(33)38(50)47(37(32)49)27-7-2-1-3-8-27/h1-22H. The van der Waals surface area contributed by atoms with Crippen molar-refractivity contribution in [2.45, 2.75) is 12.4 Å². The number of hydrogen-bond donors (Lipinski definition) is 0. The molecule has 2 amide bonds. The molecular formula is C40H22F6N2O2. The van der Waals surface area contributed by atoms with Gasteiger partial charge in [0.15, 0.2) is 0 Å². The average molecular weight is 677 g/mol. The van der Waals surface area contributed by atoms with Gasteiger partial charge in [0, 0.05) is 21.9 Å². The Labute approximate surface area is 280 Å². The van der Waals surface area contributed by atoms with E-state index in [1.807, 2.05) is 12.1 Å². The van der Waals surface area contributed by atoms with Crippen molar-refractivity contribution in [3.05, 3.63) is 156 Å². The van der Waals surface area contributed by atoms with Gasteiger partial charge in [-0.25, -0.2) is 4.90 Å². The molecule has 0 spiro atoms. The third-order valence-electron chi connectivity index (χ3n) is 9.00. The van der Waals surface area contributed by atoms with Crippen LogP contribution in [0, 0.1) is 0 Å². The highest BCUT2D eigenvalue weighted by Crippen LogP contribution is 2.44. The summed E-state index contributed by atoms with van der Waals surface area (Å²) in [7, 11) is 0. The Morgan fingerprint density at radius 1 is 0.440 bits per heavy atom. The summed E-state index contributed by atoms with van der Waals surface area (Å²) in [5.41, 5.74) is 2.43. The zero-order chi connectivity index (χ0) is 34.9. The lowest BCUT2D eigenvalue weighted by atomic mass is 9.99. The van der Waals surface area contributed by atoms with Crippen molar-refractivity contribution in [1.29, 1.82) is 0 Å². The van der Waals surface area contributed by atoms with Gasteiger partial charge in [-0.1, -0.05) is 84.9 Å². The van der Waals surface area contributed by atoms with Crippen LogP contribution in [0.3, 0.4) is 0 Å². The molecule has 1 aliphatic rings. The predicted octanol–water partition coefficient (Wildman–Crippen LogP) is 11.0. The fraction of sp³-hybridized carbons (Fsp3) is 0.0500. The number of halogens is 6. The lowest BCUT2D eigenvalue weighted by molar-refractivity contribution is -0.138. The van der Waals surface area contributed by atoms with Crippen LogP contribution >= 0.6 is 0 Å². The van der Waals surface area contributed by atoms with Crippen LogP contribution in [0.2, 0.25) is 0 Å². The van der Waals surface area contributed by atoms with Gasteiger partial charge in [-0.05, 0) is 59.7 Å². The summed E-state index contributed by atoms with van der Waals surface area (Å²) in [5, 5.41) is 1.36. The van der Waals surface area contributed by atoms with Crippen molar-refractivity contribution in [2.24, 2.45) is 0 Å². The first-order valence-corrected chi connectivity index (χ1v) is 15.4. The minimum Gasteiger partial charge on any atom is -0.307 e. The molecule has 0 fully saturated rings. The maximum atomic E-state index is 14.2. The van der Waals surface area contributed by atoms with Gasteiger partial charge < -0.3 is 4.57 Å². The van der Waals surface area contributed by atoms with Crippen LogP contribution in [0.5, 0.6) is 0 Å². The Bertz CT molecular complexity index is 2370. The van der Waals surface area contributed by atoms with Gasteiger partial charge >= 0.3 is 12.4 Å². The zero-order valence-electron chi connectivity index (χ0n) is 25.7. The molecule has 2 heterocycles. The van der Waals surface area contributed by atoms with E-state index < -0.39 is 35.3 Å². The van der Waals surface area contributed by atoms with Crippen LogP contribution in [-0.2, 0) is 12.4 Å².